The van der Waals surface area contributed by atoms with Crippen LogP contribution in [-0.4, -0.2) is 49.4 Å². The smallest absolute Gasteiger partial charge is 0.126 e. The number of hydrogen-bond acceptors (Lipinski definition) is 4. The van der Waals surface area contributed by atoms with Gasteiger partial charge in [0.15, 0.2) is 0 Å². The topological polar surface area (TPSA) is 52.6 Å². The molecule has 2 aromatic rings. The predicted octanol–water partition coefficient (Wildman–Crippen LogP) is 4.49. The third-order valence-corrected chi connectivity index (χ3v) is 6.22. The van der Waals surface area contributed by atoms with Gasteiger partial charge in [0, 0.05) is 31.8 Å². The number of aromatic nitrogens is 1. The molecule has 0 saturated carbocycles. The van der Waals surface area contributed by atoms with Crippen LogP contribution in [0.2, 0.25) is 0 Å². The van der Waals surface area contributed by atoms with Gasteiger partial charge in [-0.15, -0.1) is 0 Å². The van der Waals surface area contributed by atoms with E-state index in [4.69, 9.17) is 4.99 Å². The summed E-state index contributed by atoms with van der Waals surface area (Å²) < 4.78 is 13.6. The molecule has 1 aliphatic heterocycles. The highest BCUT2D eigenvalue weighted by molar-refractivity contribution is 5.86. The second-order valence-corrected chi connectivity index (χ2v) is 8.67. The Labute approximate surface area is 191 Å². The summed E-state index contributed by atoms with van der Waals surface area (Å²) in [6.45, 7) is 9.78. The van der Waals surface area contributed by atoms with Crippen LogP contribution < -0.4 is 10.6 Å². The molecular weight excluding hydrogens is 401 g/mol. The molecule has 0 amide bonds. The largest absolute Gasteiger partial charge is 0.377 e. The average Bonchev–Trinajstić information content (AvgIpc) is 2.80. The maximum atomic E-state index is 13.6. The van der Waals surface area contributed by atoms with E-state index >= 15 is 0 Å². The molecule has 5 nitrogen and oxygen atoms in total. The number of pyridine rings is 1. The normalized spacial score (nSPS) is 15.7. The number of amidine groups is 1. The van der Waals surface area contributed by atoms with Crippen LogP contribution in [0.1, 0.15) is 41.6 Å². The van der Waals surface area contributed by atoms with Crippen molar-refractivity contribution in [3.8, 4) is 0 Å². The number of nitrogens with zero attached hydrogens (tertiary/aromatic N) is 3. The molecule has 6 heteroatoms. The Morgan fingerprint density at radius 2 is 2.09 bits per heavy atom. The summed E-state index contributed by atoms with van der Waals surface area (Å²) in [7, 11) is 4.08. The zero-order valence-electron chi connectivity index (χ0n) is 19.6. The van der Waals surface area contributed by atoms with Gasteiger partial charge in [0.2, 0.25) is 0 Å². The van der Waals surface area contributed by atoms with Crippen LogP contribution in [0, 0.1) is 18.7 Å². The number of halogens is 1. The molecule has 2 N–H and O–H groups in total. The lowest BCUT2D eigenvalue weighted by molar-refractivity contribution is 0.216. The number of likely N-dealkylation sites (tertiary alicyclic amines) is 1. The molecule has 0 aliphatic carbocycles. The van der Waals surface area contributed by atoms with Crippen molar-refractivity contribution < 1.29 is 4.39 Å². The summed E-state index contributed by atoms with van der Waals surface area (Å²) >= 11 is 0. The van der Waals surface area contributed by atoms with Gasteiger partial charge in [-0.3, -0.25) is 4.98 Å². The Morgan fingerprint density at radius 1 is 1.31 bits per heavy atom. The lowest BCUT2D eigenvalue weighted by Crippen LogP contribution is -2.34. The molecule has 0 unspecified atom stereocenters. The van der Waals surface area contributed by atoms with Crippen molar-refractivity contribution in [2.75, 3.05) is 33.7 Å². The Kier molecular flexibility index (Phi) is 8.94. The molecule has 1 aliphatic rings. The molecule has 1 aromatic heterocycles. The van der Waals surface area contributed by atoms with E-state index in [-0.39, 0.29) is 5.82 Å². The number of benzene rings is 1. The molecule has 1 saturated heterocycles. The average molecular weight is 438 g/mol. The maximum absolute atomic E-state index is 13.6. The first kappa shape index (κ1) is 24.1. The Bertz CT molecular complexity index is 932. The molecular formula is C26H36FN5. The highest BCUT2D eigenvalue weighted by atomic mass is 19.1. The molecule has 1 aromatic carbocycles. The molecule has 3 rings (SSSR count). The van der Waals surface area contributed by atoms with E-state index in [1.165, 1.54) is 32.0 Å². The second-order valence-electron chi connectivity index (χ2n) is 8.67. The van der Waals surface area contributed by atoms with E-state index in [0.717, 1.165) is 47.7 Å². The number of hydrogen-bond donors (Lipinski definition) is 2. The molecule has 0 spiro atoms. The summed E-state index contributed by atoms with van der Waals surface area (Å²) in [5.41, 5.74) is 4.53. The SMILES string of the molecule is C=Cc1ccnc(CNCC2CCN(C)CC2)c1/N=C(/CCc1ccc(F)c(C)c1)NC. The van der Waals surface area contributed by atoms with E-state index in [9.17, 15) is 4.39 Å². The summed E-state index contributed by atoms with van der Waals surface area (Å²) in [4.78, 5) is 11.9. The van der Waals surface area contributed by atoms with Gasteiger partial charge in [-0.1, -0.05) is 24.8 Å². The minimum Gasteiger partial charge on any atom is -0.377 e. The van der Waals surface area contributed by atoms with E-state index in [2.05, 4.69) is 34.1 Å². The van der Waals surface area contributed by atoms with Crippen LogP contribution in [0.3, 0.4) is 0 Å². The van der Waals surface area contributed by atoms with Crippen molar-refractivity contribution in [1.29, 1.82) is 0 Å². The number of aliphatic imine (C=N–C) groups is 1. The van der Waals surface area contributed by atoms with Crippen molar-refractivity contribution in [1.82, 2.24) is 20.5 Å². The van der Waals surface area contributed by atoms with Crippen LogP contribution >= 0.6 is 0 Å². The third-order valence-electron chi connectivity index (χ3n) is 6.22. The summed E-state index contributed by atoms with van der Waals surface area (Å²) in [6, 6.07) is 7.22. The quantitative estimate of drug-likeness (QED) is 0.448. The number of nitrogens with one attached hydrogen (secondary N) is 2. The van der Waals surface area contributed by atoms with Crippen molar-refractivity contribution in [2.24, 2.45) is 10.9 Å². The Balaban J connectivity index is 1.68. The Morgan fingerprint density at radius 3 is 2.78 bits per heavy atom. The predicted molar refractivity (Wildman–Crippen MR) is 132 cm³/mol. The minimum absolute atomic E-state index is 0.167. The van der Waals surface area contributed by atoms with Crippen LogP contribution in [-0.2, 0) is 13.0 Å². The van der Waals surface area contributed by atoms with Gasteiger partial charge in [-0.05, 0) is 82.0 Å². The molecule has 0 radical (unpaired) electrons. The lowest BCUT2D eigenvalue weighted by atomic mass is 9.97. The highest BCUT2D eigenvalue weighted by Gasteiger charge is 2.16. The van der Waals surface area contributed by atoms with Gasteiger partial charge in [0.25, 0.3) is 0 Å². The van der Waals surface area contributed by atoms with E-state index in [1.807, 2.05) is 37.5 Å². The summed E-state index contributed by atoms with van der Waals surface area (Å²) in [6.07, 6.45) is 7.65. The summed E-state index contributed by atoms with van der Waals surface area (Å²) in [5.74, 6) is 1.42. The number of rotatable bonds is 9. The van der Waals surface area contributed by atoms with Crippen LogP contribution in [0.4, 0.5) is 10.1 Å². The van der Waals surface area contributed by atoms with Crippen molar-refractivity contribution in [3.63, 3.8) is 0 Å². The summed E-state index contributed by atoms with van der Waals surface area (Å²) in [5, 5.41) is 6.82. The first-order valence-electron chi connectivity index (χ1n) is 11.5. The number of aryl methyl sites for hydroxylation is 2. The minimum atomic E-state index is -0.167. The van der Waals surface area contributed by atoms with Crippen LogP contribution in [0.15, 0.2) is 42.0 Å². The third kappa shape index (κ3) is 6.71. The highest BCUT2D eigenvalue weighted by Crippen LogP contribution is 2.25. The van der Waals surface area contributed by atoms with Gasteiger partial charge in [0.1, 0.15) is 11.7 Å². The van der Waals surface area contributed by atoms with Crippen molar-refractivity contribution in [2.45, 2.75) is 39.2 Å². The lowest BCUT2D eigenvalue weighted by Gasteiger charge is -2.29. The van der Waals surface area contributed by atoms with E-state index in [0.29, 0.717) is 18.0 Å². The van der Waals surface area contributed by atoms with Gasteiger partial charge in [-0.25, -0.2) is 9.38 Å². The fourth-order valence-corrected chi connectivity index (χ4v) is 4.10. The van der Waals surface area contributed by atoms with Crippen LogP contribution in [0.25, 0.3) is 6.08 Å². The fraction of sp³-hybridized carbons (Fsp3) is 0.462. The molecule has 172 valence electrons. The molecule has 0 bridgehead atoms. The molecule has 2 heterocycles. The Hall–Kier alpha value is -2.57. The van der Waals surface area contributed by atoms with E-state index in [1.54, 1.807) is 6.92 Å². The van der Waals surface area contributed by atoms with Gasteiger partial charge < -0.3 is 15.5 Å². The zero-order valence-corrected chi connectivity index (χ0v) is 19.6. The van der Waals surface area contributed by atoms with Gasteiger partial charge in [-0.2, -0.15) is 0 Å². The van der Waals surface area contributed by atoms with Gasteiger partial charge >= 0.3 is 0 Å². The second kappa shape index (κ2) is 11.9. The van der Waals surface area contributed by atoms with E-state index < -0.39 is 0 Å². The monoisotopic (exact) mass is 437 g/mol. The number of piperidine rings is 1. The fourth-order valence-electron chi connectivity index (χ4n) is 4.10. The zero-order chi connectivity index (χ0) is 22.9. The molecule has 1 fully saturated rings. The van der Waals surface area contributed by atoms with Crippen molar-refractivity contribution >= 4 is 17.6 Å². The first-order chi connectivity index (χ1) is 15.5. The first-order valence-corrected chi connectivity index (χ1v) is 11.5. The van der Waals surface area contributed by atoms with Crippen molar-refractivity contribution in [3.05, 3.63) is 65.2 Å². The standard InChI is InChI=1S/C26H36FN5/c1-5-22-10-13-30-24(18-29-17-21-11-14-32(4)15-12-21)26(22)31-25(28-3)9-7-20-6-8-23(27)19(2)16-20/h5-6,8,10,13,16,21,29H,1,7,9,11-12,14-15,17-18H2,2-4H3,(H,28,31). The molecule has 32 heavy (non-hydrogen) atoms. The maximum Gasteiger partial charge on any atom is 0.126 e. The van der Waals surface area contributed by atoms with Gasteiger partial charge in [0.05, 0.1) is 11.4 Å². The van der Waals surface area contributed by atoms with Crippen LogP contribution in [0.5, 0.6) is 0 Å². The molecule has 0 atom stereocenters.